The third-order valence-corrected chi connectivity index (χ3v) is 4.32. The minimum atomic E-state index is -0.553. The van der Waals surface area contributed by atoms with Crippen molar-refractivity contribution < 1.29 is 9.90 Å². The number of rotatable bonds is 5. The van der Waals surface area contributed by atoms with E-state index in [1.54, 1.807) is 0 Å². The van der Waals surface area contributed by atoms with Crippen molar-refractivity contribution in [2.45, 2.75) is 38.3 Å². The highest BCUT2D eigenvalue weighted by molar-refractivity contribution is 5.79. The zero-order valence-corrected chi connectivity index (χ0v) is 13.0. The monoisotopic (exact) mass is 290 g/mol. The number of aliphatic hydroxyl groups is 1. The lowest BCUT2D eigenvalue weighted by molar-refractivity contribution is -0.127. The Labute approximate surface area is 127 Å². The van der Waals surface area contributed by atoms with Gasteiger partial charge in [0.05, 0.1) is 12.1 Å². The van der Waals surface area contributed by atoms with E-state index >= 15 is 0 Å². The summed E-state index contributed by atoms with van der Waals surface area (Å²) in [6.07, 6.45) is 1.83. The van der Waals surface area contributed by atoms with Crippen LogP contribution in [0.3, 0.4) is 0 Å². The summed E-state index contributed by atoms with van der Waals surface area (Å²) >= 11 is 0. The topological polar surface area (TPSA) is 52.6 Å². The van der Waals surface area contributed by atoms with Gasteiger partial charge in [0.15, 0.2) is 0 Å². The van der Waals surface area contributed by atoms with Crippen molar-refractivity contribution in [2.75, 3.05) is 20.1 Å². The van der Waals surface area contributed by atoms with Crippen molar-refractivity contribution in [1.29, 1.82) is 0 Å². The molecule has 1 amide bonds. The summed E-state index contributed by atoms with van der Waals surface area (Å²) in [4.78, 5) is 14.5. The van der Waals surface area contributed by atoms with Crippen molar-refractivity contribution in [2.24, 2.45) is 5.92 Å². The SMILES string of the molecule is CC(NC(=O)C1CCN(C)CC1)C(O)Cc1ccccc1. The lowest BCUT2D eigenvalue weighted by Gasteiger charge is -2.29. The normalized spacial score (nSPS) is 20.0. The molecule has 2 rings (SSSR count). The van der Waals surface area contributed by atoms with Gasteiger partial charge in [-0.1, -0.05) is 30.3 Å². The number of hydrogen-bond acceptors (Lipinski definition) is 3. The maximum atomic E-state index is 12.2. The Balaban J connectivity index is 1.80. The molecular weight excluding hydrogens is 264 g/mol. The Kier molecular flexibility index (Phi) is 5.76. The van der Waals surface area contributed by atoms with E-state index in [0.717, 1.165) is 31.5 Å². The third-order valence-electron chi connectivity index (χ3n) is 4.32. The minimum absolute atomic E-state index is 0.0858. The second kappa shape index (κ2) is 7.57. The molecular formula is C17H26N2O2. The lowest BCUT2D eigenvalue weighted by atomic mass is 9.95. The summed E-state index contributed by atoms with van der Waals surface area (Å²) in [6.45, 7) is 3.82. The highest BCUT2D eigenvalue weighted by Gasteiger charge is 2.26. The largest absolute Gasteiger partial charge is 0.391 e. The van der Waals surface area contributed by atoms with Crippen LogP contribution < -0.4 is 5.32 Å². The van der Waals surface area contributed by atoms with Crippen molar-refractivity contribution in [1.82, 2.24) is 10.2 Å². The second-order valence-corrected chi connectivity index (χ2v) is 6.13. The van der Waals surface area contributed by atoms with Gasteiger partial charge in [0.25, 0.3) is 0 Å². The van der Waals surface area contributed by atoms with E-state index in [1.165, 1.54) is 0 Å². The van der Waals surface area contributed by atoms with Gasteiger partial charge in [-0.2, -0.15) is 0 Å². The first kappa shape index (κ1) is 16.0. The zero-order chi connectivity index (χ0) is 15.2. The molecule has 0 radical (unpaired) electrons. The maximum absolute atomic E-state index is 12.2. The van der Waals surface area contributed by atoms with E-state index in [2.05, 4.69) is 17.3 Å². The molecule has 116 valence electrons. The van der Waals surface area contributed by atoms with Gasteiger partial charge in [-0.3, -0.25) is 4.79 Å². The lowest BCUT2D eigenvalue weighted by Crippen LogP contribution is -2.46. The zero-order valence-electron chi connectivity index (χ0n) is 13.0. The fraction of sp³-hybridized carbons (Fsp3) is 0.588. The number of carbonyl (C=O) groups is 1. The first-order chi connectivity index (χ1) is 10.1. The fourth-order valence-corrected chi connectivity index (χ4v) is 2.74. The van der Waals surface area contributed by atoms with Crippen LogP contribution in [-0.4, -0.2) is 48.2 Å². The van der Waals surface area contributed by atoms with E-state index in [-0.39, 0.29) is 17.9 Å². The van der Waals surface area contributed by atoms with E-state index in [0.29, 0.717) is 6.42 Å². The molecule has 2 atom stereocenters. The molecule has 4 nitrogen and oxygen atoms in total. The molecule has 4 heteroatoms. The number of piperidine rings is 1. The Morgan fingerprint density at radius 1 is 1.33 bits per heavy atom. The molecule has 2 unspecified atom stereocenters. The van der Waals surface area contributed by atoms with Gasteiger partial charge < -0.3 is 15.3 Å². The quantitative estimate of drug-likeness (QED) is 0.863. The summed E-state index contributed by atoms with van der Waals surface area (Å²) in [7, 11) is 2.08. The van der Waals surface area contributed by atoms with Crippen LogP contribution in [0, 0.1) is 5.92 Å². The second-order valence-electron chi connectivity index (χ2n) is 6.13. The van der Waals surface area contributed by atoms with Gasteiger partial charge in [0, 0.05) is 12.3 Å². The molecule has 0 spiro atoms. The fourth-order valence-electron chi connectivity index (χ4n) is 2.74. The smallest absolute Gasteiger partial charge is 0.223 e. The first-order valence-electron chi connectivity index (χ1n) is 7.77. The molecule has 0 bridgehead atoms. The number of nitrogens with one attached hydrogen (secondary N) is 1. The highest BCUT2D eigenvalue weighted by atomic mass is 16.3. The van der Waals surface area contributed by atoms with Crippen LogP contribution in [0.15, 0.2) is 30.3 Å². The Morgan fingerprint density at radius 2 is 1.95 bits per heavy atom. The summed E-state index contributed by atoms with van der Waals surface area (Å²) in [6, 6.07) is 9.65. The number of amides is 1. The molecule has 0 aliphatic carbocycles. The molecule has 1 fully saturated rings. The molecule has 0 saturated carbocycles. The minimum Gasteiger partial charge on any atom is -0.391 e. The number of benzene rings is 1. The van der Waals surface area contributed by atoms with E-state index in [9.17, 15) is 9.90 Å². The van der Waals surface area contributed by atoms with Gasteiger partial charge >= 0.3 is 0 Å². The summed E-state index contributed by atoms with van der Waals surface area (Å²) in [5.74, 6) is 0.176. The molecule has 1 aliphatic heterocycles. The van der Waals surface area contributed by atoms with Crippen molar-refractivity contribution in [3.8, 4) is 0 Å². The average molecular weight is 290 g/mol. The van der Waals surface area contributed by atoms with Crippen LogP contribution in [0.5, 0.6) is 0 Å². The van der Waals surface area contributed by atoms with Crippen LogP contribution in [0.4, 0.5) is 0 Å². The Morgan fingerprint density at radius 3 is 2.57 bits per heavy atom. The maximum Gasteiger partial charge on any atom is 0.223 e. The van der Waals surface area contributed by atoms with Gasteiger partial charge in [-0.05, 0) is 45.5 Å². The summed E-state index contributed by atoms with van der Waals surface area (Å²) in [5, 5.41) is 13.2. The van der Waals surface area contributed by atoms with E-state index < -0.39 is 6.10 Å². The number of likely N-dealkylation sites (tertiary alicyclic amines) is 1. The predicted molar refractivity (Wildman–Crippen MR) is 84.0 cm³/mol. The predicted octanol–water partition coefficient (Wildman–Crippen LogP) is 1.44. The van der Waals surface area contributed by atoms with Gasteiger partial charge in [-0.15, -0.1) is 0 Å². The van der Waals surface area contributed by atoms with Gasteiger partial charge in [0.1, 0.15) is 0 Å². The number of nitrogens with zero attached hydrogens (tertiary/aromatic N) is 1. The Bertz CT molecular complexity index is 441. The number of hydrogen-bond donors (Lipinski definition) is 2. The van der Waals surface area contributed by atoms with Crippen LogP contribution in [-0.2, 0) is 11.2 Å². The third kappa shape index (κ3) is 4.83. The number of aliphatic hydroxyl groups excluding tert-OH is 1. The van der Waals surface area contributed by atoms with Crippen LogP contribution in [0.2, 0.25) is 0 Å². The molecule has 2 N–H and O–H groups in total. The standard InChI is InChI=1S/C17H26N2O2/c1-13(16(20)12-14-6-4-3-5-7-14)18-17(21)15-8-10-19(2)11-9-15/h3-7,13,15-16,20H,8-12H2,1-2H3,(H,18,21). The van der Waals surface area contributed by atoms with Crippen LogP contribution in [0.1, 0.15) is 25.3 Å². The van der Waals surface area contributed by atoms with Crippen molar-refractivity contribution in [3.63, 3.8) is 0 Å². The van der Waals surface area contributed by atoms with Crippen molar-refractivity contribution >= 4 is 5.91 Å². The highest BCUT2D eigenvalue weighted by Crippen LogP contribution is 2.16. The molecule has 0 aromatic heterocycles. The average Bonchev–Trinajstić information content (AvgIpc) is 2.48. The summed E-state index contributed by atoms with van der Waals surface area (Å²) < 4.78 is 0. The first-order valence-corrected chi connectivity index (χ1v) is 7.77. The number of carbonyl (C=O) groups excluding carboxylic acids is 1. The van der Waals surface area contributed by atoms with E-state index in [4.69, 9.17) is 0 Å². The molecule has 21 heavy (non-hydrogen) atoms. The summed E-state index contributed by atoms with van der Waals surface area (Å²) in [5.41, 5.74) is 1.09. The molecule has 1 aromatic rings. The van der Waals surface area contributed by atoms with Gasteiger partial charge in [-0.25, -0.2) is 0 Å². The van der Waals surface area contributed by atoms with Gasteiger partial charge in [0.2, 0.25) is 5.91 Å². The van der Waals surface area contributed by atoms with Crippen molar-refractivity contribution in [3.05, 3.63) is 35.9 Å². The molecule has 1 saturated heterocycles. The molecule has 1 aromatic carbocycles. The van der Waals surface area contributed by atoms with Crippen LogP contribution >= 0.6 is 0 Å². The Hall–Kier alpha value is -1.39. The van der Waals surface area contributed by atoms with E-state index in [1.807, 2.05) is 37.3 Å². The molecule has 1 aliphatic rings. The molecule has 1 heterocycles. The van der Waals surface area contributed by atoms with Crippen LogP contribution in [0.25, 0.3) is 0 Å².